The van der Waals surface area contributed by atoms with Crippen LogP contribution in [0.5, 0.6) is 17.2 Å². The summed E-state index contributed by atoms with van der Waals surface area (Å²) in [5, 5.41) is 7.32. The number of hydrogen-bond acceptors (Lipinski definition) is 7. The highest BCUT2D eigenvalue weighted by Crippen LogP contribution is 2.29. The predicted octanol–water partition coefficient (Wildman–Crippen LogP) is 3.29. The van der Waals surface area contributed by atoms with Gasteiger partial charge in [-0.3, -0.25) is 9.78 Å². The van der Waals surface area contributed by atoms with Crippen molar-refractivity contribution in [3.05, 3.63) is 54.2 Å². The van der Waals surface area contributed by atoms with Crippen LogP contribution in [-0.4, -0.2) is 50.0 Å². The molecule has 8 nitrogen and oxygen atoms in total. The van der Waals surface area contributed by atoms with E-state index in [4.69, 9.17) is 18.9 Å². The molecule has 172 valence electrons. The molecule has 0 spiro atoms. The zero-order valence-corrected chi connectivity index (χ0v) is 18.5. The van der Waals surface area contributed by atoms with Crippen LogP contribution in [0.3, 0.4) is 0 Å². The minimum Gasteiger partial charge on any atom is -0.495 e. The lowest BCUT2D eigenvalue weighted by molar-refractivity contribution is -0.118. The molecule has 0 aliphatic carbocycles. The van der Waals surface area contributed by atoms with Gasteiger partial charge >= 0.3 is 0 Å². The number of amides is 1. The largest absolute Gasteiger partial charge is 0.495 e. The van der Waals surface area contributed by atoms with Gasteiger partial charge in [0.2, 0.25) is 0 Å². The molecule has 2 aromatic carbocycles. The zero-order chi connectivity index (χ0) is 22.6. The third-order valence-corrected chi connectivity index (χ3v) is 5.96. The third-order valence-electron chi connectivity index (χ3n) is 5.96. The maximum atomic E-state index is 11.5. The molecule has 3 aromatic rings. The van der Waals surface area contributed by atoms with E-state index in [-0.39, 0.29) is 24.7 Å². The maximum absolute atomic E-state index is 11.5. The SMILES string of the molecule is COc1cnc2cccc(OC[C@@H]3CC[C@@H](NCc4ccc5c(c4)NC(=O)CO5)CO3)c2c1. The monoisotopic (exact) mass is 449 g/mol. The number of nitrogens with one attached hydrogen (secondary N) is 2. The molecule has 0 radical (unpaired) electrons. The summed E-state index contributed by atoms with van der Waals surface area (Å²) in [7, 11) is 1.63. The number of nitrogens with zero attached hydrogens (tertiary/aromatic N) is 1. The first-order valence-electron chi connectivity index (χ1n) is 11.1. The first kappa shape index (κ1) is 21.5. The fourth-order valence-corrected chi connectivity index (χ4v) is 4.12. The van der Waals surface area contributed by atoms with E-state index in [2.05, 4.69) is 15.6 Å². The molecular weight excluding hydrogens is 422 g/mol. The van der Waals surface area contributed by atoms with Crippen molar-refractivity contribution in [2.24, 2.45) is 0 Å². The molecule has 0 bridgehead atoms. The fraction of sp³-hybridized carbons (Fsp3) is 0.360. The highest BCUT2D eigenvalue weighted by atomic mass is 16.5. The number of pyridine rings is 1. The standard InChI is InChI=1S/C25H27N3O5/c1-30-19-10-20-21(27-12-19)3-2-4-23(20)32-14-18-7-6-17(13-31-18)26-11-16-5-8-24-22(9-16)28-25(29)15-33-24/h2-5,8-10,12,17-18,26H,6-7,11,13-15H2,1H3,(H,28,29)/t17-,18+/m1/s1. The van der Waals surface area contributed by atoms with E-state index < -0.39 is 0 Å². The Morgan fingerprint density at radius 3 is 3.00 bits per heavy atom. The molecule has 0 saturated carbocycles. The number of benzene rings is 2. The second kappa shape index (κ2) is 9.64. The molecular formula is C25H27N3O5. The summed E-state index contributed by atoms with van der Waals surface area (Å²) in [5.74, 6) is 2.07. The Kier molecular flexibility index (Phi) is 6.28. The van der Waals surface area contributed by atoms with Crippen LogP contribution < -0.4 is 24.8 Å². The normalized spacial score (nSPS) is 20.0. The summed E-state index contributed by atoms with van der Waals surface area (Å²) in [6.45, 7) is 1.89. The first-order chi connectivity index (χ1) is 16.2. The molecule has 5 rings (SSSR count). The molecule has 1 fully saturated rings. The van der Waals surface area contributed by atoms with Gasteiger partial charge in [-0.05, 0) is 48.7 Å². The Hall–Kier alpha value is -3.36. The number of methoxy groups -OCH3 is 1. The molecule has 0 unspecified atom stereocenters. The van der Waals surface area contributed by atoms with Crippen LogP contribution in [0, 0.1) is 0 Å². The average molecular weight is 450 g/mol. The number of aromatic nitrogens is 1. The van der Waals surface area contributed by atoms with Gasteiger partial charge in [-0.25, -0.2) is 0 Å². The van der Waals surface area contributed by atoms with E-state index in [1.165, 1.54) is 0 Å². The number of rotatable bonds is 7. The van der Waals surface area contributed by atoms with Crippen molar-refractivity contribution in [1.82, 2.24) is 10.3 Å². The number of ether oxygens (including phenoxy) is 4. The third kappa shape index (κ3) is 5.02. The molecule has 2 N–H and O–H groups in total. The van der Waals surface area contributed by atoms with Crippen LogP contribution in [0.2, 0.25) is 0 Å². The van der Waals surface area contributed by atoms with Gasteiger partial charge in [0.1, 0.15) is 23.9 Å². The number of carbonyl (C=O) groups is 1. The minimum atomic E-state index is -0.125. The van der Waals surface area contributed by atoms with Gasteiger partial charge in [-0.15, -0.1) is 0 Å². The maximum Gasteiger partial charge on any atom is 0.262 e. The van der Waals surface area contributed by atoms with Gasteiger partial charge in [0.25, 0.3) is 5.91 Å². The Morgan fingerprint density at radius 1 is 1.21 bits per heavy atom. The first-order valence-corrected chi connectivity index (χ1v) is 11.1. The Bertz CT molecular complexity index is 1140. The summed E-state index contributed by atoms with van der Waals surface area (Å²) < 4.78 is 22.9. The summed E-state index contributed by atoms with van der Waals surface area (Å²) >= 11 is 0. The highest BCUT2D eigenvalue weighted by molar-refractivity contribution is 5.95. The Balaban J connectivity index is 1.11. The van der Waals surface area contributed by atoms with Gasteiger partial charge in [0.15, 0.2) is 6.61 Å². The lowest BCUT2D eigenvalue weighted by Crippen LogP contribution is -2.41. The van der Waals surface area contributed by atoms with Gasteiger partial charge in [0, 0.05) is 18.0 Å². The van der Waals surface area contributed by atoms with Gasteiger partial charge in [0.05, 0.1) is 37.2 Å². The molecule has 2 aliphatic rings. The molecule has 1 amide bonds. The summed E-state index contributed by atoms with van der Waals surface area (Å²) in [6.07, 6.45) is 3.67. The van der Waals surface area contributed by atoms with Gasteiger partial charge in [-0.2, -0.15) is 0 Å². The van der Waals surface area contributed by atoms with Gasteiger partial charge in [-0.1, -0.05) is 12.1 Å². The molecule has 1 aromatic heterocycles. The van der Waals surface area contributed by atoms with E-state index in [0.717, 1.165) is 40.7 Å². The summed E-state index contributed by atoms with van der Waals surface area (Å²) in [6, 6.07) is 13.9. The second-order valence-electron chi connectivity index (χ2n) is 8.29. The van der Waals surface area contributed by atoms with Crippen molar-refractivity contribution in [3.8, 4) is 17.2 Å². The van der Waals surface area contributed by atoms with Crippen LogP contribution in [0.4, 0.5) is 5.69 Å². The number of fused-ring (bicyclic) bond motifs is 2. The lowest BCUT2D eigenvalue weighted by atomic mass is 10.0. The molecule has 1 saturated heterocycles. The van der Waals surface area contributed by atoms with E-state index in [1.807, 2.05) is 42.5 Å². The van der Waals surface area contributed by atoms with Gasteiger partial charge < -0.3 is 29.6 Å². The van der Waals surface area contributed by atoms with E-state index >= 15 is 0 Å². The zero-order valence-electron chi connectivity index (χ0n) is 18.5. The minimum absolute atomic E-state index is 0.0491. The molecule has 33 heavy (non-hydrogen) atoms. The highest BCUT2D eigenvalue weighted by Gasteiger charge is 2.23. The topological polar surface area (TPSA) is 90.9 Å². The Labute approximate surface area is 192 Å². The predicted molar refractivity (Wildman–Crippen MR) is 124 cm³/mol. The molecule has 2 aliphatic heterocycles. The second-order valence-corrected chi connectivity index (χ2v) is 8.29. The molecule has 2 atom stereocenters. The quantitative estimate of drug-likeness (QED) is 0.572. The number of carbonyl (C=O) groups excluding carboxylic acids is 1. The summed E-state index contributed by atoms with van der Waals surface area (Å²) in [4.78, 5) is 15.9. The van der Waals surface area contributed by atoms with Crippen molar-refractivity contribution in [2.45, 2.75) is 31.5 Å². The van der Waals surface area contributed by atoms with Crippen LogP contribution in [-0.2, 0) is 16.1 Å². The molecule has 3 heterocycles. The van der Waals surface area contributed by atoms with Crippen LogP contribution in [0.15, 0.2) is 48.7 Å². The van der Waals surface area contributed by atoms with E-state index in [0.29, 0.717) is 31.3 Å². The smallest absolute Gasteiger partial charge is 0.262 e. The van der Waals surface area contributed by atoms with Crippen molar-refractivity contribution in [3.63, 3.8) is 0 Å². The average Bonchev–Trinajstić information content (AvgIpc) is 2.86. The Morgan fingerprint density at radius 2 is 2.15 bits per heavy atom. The molecule has 8 heteroatoms. The number of anilines is 1. The number of hydrogen-bond donors (Lipinski definition) is 2. The van der Waals surface area contributed by atoms with E-state index in [9.17, 15) is 4.79 Å². The van der Waals surface area contributed by atoms with Crippen molar-refractivity contribution in [1.29, 1.82) is 0 Å². The lowest BCUT2D eigenvalue weighted by Gasteiger charge is -2.30. The summed E-state index contributed by atoms with van der Waals surface area (Å²) in [5.41, 5.74) is 2.68. The van der Waals surface area contributed by atoms with Crippen molar-refractivity contribution in [2.75, 3.05) is 32.2 Å². The fourth-order valence-electron chi connectivity index (χ4n) is 4.12. The van der Waals surface area contributed by atoms with Crippen LogP contribution in [0.25, 0.3) is 10.9 Å². The van der Waals surface area contributed by atoms with Crippen molar-refractivity contribution >= 4 is 22.5 Å². The van der Waals surface area contributed by atoms with E-state index in [1.54, 1.807) is 13.3 Å². The van der Waals surface area contributed by atoms with Crippen LogP contribution in [0.1, 0.15) is 18.4 Å². The van der Waals surface area contributed by atoms with Crippen molar-refractivity contribution < 1.29 is 23.7 Å². The van der Waals surface area contributed by atoms with Crippen LogP contribution >= 0.6 is 0 Å².